The second-order valence-electron chi connectivity index (χ2n) is 4.90. The van der Waals surface area contributed by atoms with Crippen molar-refractivity contribution in [3.8, 4) is 0 Å². The zero-order chi connectivity index (χ0) is 13.8. The predicted octanol–water partition coefficient (Wildman–Crippen LogP) is 1.78. The maximum atomic E-state index is 12.4. The minimum atomic E-state index is -1.34. The fraction of sp³-hybridized carbons (Fsp3) is 0.500. The van der Waals surface area contributed by atoms with E-state index in [1.165, 1.54) is 6.42 Å². The van der Waals surface area contributed by atoms with Gasteiger partial charge in [-0.15, -0.1) is 0 Å². The Morgan fingerprint density at radius 2 is 2.00 bits per heavy atom. The van der Waals surface area contributed by atoms with Gasteiger partial charge in [-0.3, -0.25) is 9.00 Å². The Bertz CT molecular complexity index is 484. The van der Waals surface area contributed by atoms with Crippen molar-refractivity contribution in [1.82, 2.24) is 4.90 Å². The summed E-state index contributed by atoms with van der Waals surface area (Å²) >= 11 is 0. The van der Waals surface area contributed by atoms with Crippen molar-refractivity contribution in [1.29, 1.82) is 0 Å². The minimum Gasteiger partial charge on any atom is -0.399 e. The summed E-state index contributed by atoms with van der Waals surface area (Å²) in [5, 5.41) is -0.514. The van der Waals surface area contributed by atoms with E-state index in [4.69, 9.17) is 5.73 Å². The molecule has 1 heterocycles. The van der Waals surface area contributed by atoms with E-state index < -0.39 is 16.0 Å². The smallest absolute Gasteiger partial charge is 0.238 e. The highest BCUT2D eigenvalue weighted by Crippen LogP contribution is 2.18. The lowest BCUT2D eigenvalue weighted by atomic mass is 10.1. The van der Waals surface area contributed by atoms with Gasteiger partial charge in [-0.25, -0.2) is 0 Å². The molecule has 2 unspecified atom stereocenters. The van der Waals surface area contributed by atoms with Crippen LogP contribution in [0.5, 0.6) is 0 Å². The lowest BCUT2D eigenvalue weighted by molar-refractivity contribution is -0.131. The van der Waals surface area contributed by atoms with Crippen LogP contribution in [0.1, 0.15) is 26.2 Å². The maximum absolute atomic E-state index is 12.4. The molecule has 0 bridgehead atoms. The van der Waals surface area contributed by atoms with E-state index in [2.05, 4.69) is 0 Å². The highest BCUT2D eigenvalue weighted by atomic mass is 32.2. The number of rotatable bonds is 3. The number of carbonyl (C=O) groups is 1. The van der Waals surface area contributed by atoms with Crippen molar-refractivity contribution in [2.75, 3.05) is 18.8 Å². The molecule has 4 nitrogen and oxygen atoms in total. The average Bonchev–Trinajstić information content (AvgIpc) is 2.46. The number of benzene rings is 1. The van der Waals surface area contributed by atoms with Gasteiger partial charge in [-0.2, -0.15) is 0 Å². The average molecular weight is 280 g/mol. The van der Waals surface area contributed by atoms with E-state index in [0.29, 0.717) is 10.6 Å². The molecule has 5 heteroatoms. The molecule has 1 fully saturated rings. The van der Waals surface area contributed by atoms with Gasteiger partial charge in [0.1, 0.15) is 5.25 Å². The van der Waals surface area contributed by atoms with E-state index >= 15 is 0 Å². The maximum Gasteiger partial charge on any atom is 0.238 e. The number of amides is 1. The van der Waals surface area contributed by atoms with Gasteiger partial charge in [0, 0.05) is 23.7 Å². The Kier molecular flexibility index (Phi) is 4.58. The zero-order valence-corrected chi connectivity index (χ0v) is 12.0. The monoisotopic (exact) mass is 280 g/mol. The van der Waals surface area contributed by atoms with Gasteiger partial charge in [0.25, 0.3) is 0 Å². The molecule has 1 aliphatic heterocycles. The predicted molar refractivity (Wildman–Crippen MR) is 77.2 cm³/mol. The van der Waals surface area contributed by atoms with Crippen LogP contribution in [0.4, 0.5) is 5.69 Å². The summed E-state index contributed by atoms with van der Waals surface area (Å²) in [4.78, 5) is 14.8. The van der Waals surface area contributed by atoms with Crippen LogP contribution in [0.3, 0.4) is 0 Å². The summed E-state index contributed by atoms with van der Waals surface area (Å²) in [6.07, 6.45) is 3.27. The first kappa shape index (κ1) is 14.1. The molecule has 0 aliphatic carbocycles. The molecule has 0 aromatic heterocycles. The topological polar surface area (TPSA) is 63.4 Å². The zero-order valence-electron chi connectivity index (χ0n) is 11.2. The summed E-state index contributed by atoms with van der Waals surface area (Å²) in [6, 6.07) is 6.95. The fourth-order valence-electron chi connectivity index (χ4n) is 2.31. The van der Waals surface area contributed by atoms with Gasteiger partial charge in [0.15, 0.2) is 0 Å². The number of anilines is 1. The van der Waals surface area contributed by atoms with Gasteiger partial charge in [-0.1, -0.05) is 6.07 Å². The molecule has 0 saturated carbocycles. The van der Waals surface area contributed by atoms with Crippen molar-refractivity contribution in [2.24, 2.45) is 0 Å². The van der Waals surface area contributed by atoms with E-state index in [-0.39, 0.29) is 5.91 Å². The Labute approximate surface area is 116 Å². The Morgan fingerprint density at radius 1 is 1.32 bits per heavy atom. The number of nitrogen functional groups attached to an aromatic ring is 1. The molecule has 0 radical (unpaired) electrons. The summed E-state index contributed by atoms with van der Waals surface area (Å²) in [7, 11) is -1.34. The highest BCUT2D eigenvalue weighted by molar-refractivity contribution is 7.86. The first-order valence-corrected chi connectivity index (χ1v) is 7.86. The van der Waals surface area contributed by atoms with Gasteiger partial charge in [0.2, 0.25) is 5.91 Å². The lowest BCUT2D eigenvalue weighted by Crippen LogP contribution is -2.42. The first-order valence-electron chi connectivity index (χ1n) is 6.64. The minimum absolute atomic E-state index is 0.0135. The van der Waals surface area contributed by atoms with Gasteiger partial charge >= 0.3 is 0 Å². The number of nitrogens with two attached hydrogens (primary N) is 1. The van der Waals surface area contributed by atoms with Crippen molar-refractivity contribution in [3.63, 3.8) is 0 Å². The van der Waals surface area contributed by atoms with Crippen LogP contribution < -0.4 is 5.73 Å². The van der Waals surface area contributed by atoms with Crippen molar-refractivity contribution < 1.29 is 9.00 Å². The van der Waals surface area contributed by atoms with Crippen LogP contribution in [0.2, 0.25) is 0 Å². The molecule has 1 saturated heterocycles. The molecule has 19 heavy (non-hydrogen) atoms. The van der Waals surface area contributed by atoms with Crippen molar-refractivity contribution in [3.05, 3.63) is 24.3 Å². The third-order valence-corrected chi connectivity index (χ3v) is 4.99. The molecule has 1 aliphatic rings. The number of nitrogens with zero attached hydrogens (tertiary/aromatic N) is 1. The largest absolute Gasteiger partial charge is 0.399 e. The third kappa shape index (κ3) is 3.35. The molecule has 1 aromatic carbocycles. The third-order valence-electron chi connectivity index (χ3n) is 3.43. The number of piperidine rings is 1. The first-order chi connectivity index (χ1) is 9.09. The van der Waals surface area contributed by atoms with Crippen molar-refractivity contribution >= 4 is 22.4 Å². The normalized spacial score (nSPS) is 18.9. The van der Waals surface area contributed by atoms with Gasteiger partial charge in [0.05, 0.1) is 10.8 Å². The molecule has 0 spiro atoms. The summed E-state index contributed by atoms with van der Waals surface area (Å²) < 4.78 is 12.4. The van der Waals surface area contributed by atoms with Crippen molar-refractivity contribution in [2.45, 2.75) is 36.3 Å². The fourth-order valence-corrected chi connectivity index (χ4v) is 3.51. The Balaban J connectivity index is 2.08. The standard InChI is InChI=1S/C14H20N2O2S/c1-11(14(17)16-8-3-2-4-9-16)19(18)13-7-5-6-12(15)10-13/h5-7,10-11H,2-4,8-9,15H2,1H3. The molecule has 1 aromatic rings. The summed E-state index contributed by atoms with van der Waals surface area (Å²) in [5.41, 5.74) is 6.26. The molecular weight excluding hydrogens is 260 g/mol. The molecule has 1 amide bonds. The van der Waals surface area contributed by atoms with Crippen LogP contribution in [0, 0.1) is 0 Å². The van der Waals surface area contributed by atoms with E-state index in [9.17, 15) is 9.00 Å². The number of carbonyl (C=O) groups excluding carboxylic acids is 1. The highest BCUT2D eigenvalue weighted by Gasteiger charge is 2.27. The molecule has 2 atom stereocenters. The molecule has 2 N–H and O–H groups in total. The van der Waals surface area contributed by atoms with E-state index in [0.717, 1.165) is 25.9 Å². The van der Waals surface area contributed by atoms with Crippen LogP contribution >= 0.6 is 0 Å². The van der Waals surface area contributed by atoms with Crippen LogP contribution in [-0.2, 0) is 15.6 Å². The van der Waals surface area contributed by atoms with E-state index in [1.54, 1.807) is 31.2 Å². The Hall–Kier alpha value is -1.36. The lowest BCUT2D eigenvalue weighted by Gasteiger charge is -2.28. The second-order valence-corrected chi connectivity index (χ2v) is 6.67. The van der Waals surface area contributed by atoms with Crippen LogP contribution in [0.25, 0.3) is 0 Å². The molecule has 104 valence electrons. The number of hydrogen-bond acceptors (Lipinski definition) is 3. The molecular formula is C14H20N2O2S. The number of likely N-dealkylation sites (tertiary alicyclic amines) is 1. The quantitative estimate of drug-likeness (QED) is 0.858. The van der Waals surface area contributed by atoms with E-state index in [1.807, 2.05) is 4.90 Å². The number of hydrogen-bond donors (Lipinski definition) is 1. The Morgan fingerprint density at radius 3 is 2.63 bits per heavy atom. The van der Waals surface area contributed by atoms with Gasteiger partial charge < -0.3 is 10.6 Å². The summed E-state index contributed by atoms with van der Waals surface area (Å²) in [6.45, 7) is 3.31. The SMILES string of the molecule is CC(C(=O)N1CCCCC1)S(=O)c1cccc(N)c1. The van der Waals surface area contributed by atoms with Gasteiger partial charge in [-0.05, 0) is 44.4 Å². The second kappa shape index (κ2) is 6.19. The molecule has 2 rings (SSSR count). The van der Waals surface area contributed by atoms with Crippen LogP contribution in [0.15, 0.2) is 29.2 Å². The summed E-state index contributed by atoms with van der Waals surface area (Å²) in [5.74, 6) is -0.0135. The van der Waals surface area contributed by atoms with Crippen LogP contribution in [-0.4, -0.2) is 33.4 Å².